The van der Waals surface area contributed by atoms with E-state index in [1.807, 2.05) is 12.1 Å². The Hall–Kier alpha value is -3.20. The molecule has 28 heavy (non-hydrogen) atoms. The van der Waals surface area contributed by atoms with Crippen LogP contribution in [-0.2, 0) is 17.6 Å². The third-order valence-electron chi connectivity index (χ3n) is 4.42. The molecule has 0 spiro atoms. The van der Waals surface area contributed by atoms with E-state index in [4.69, 9.17) is 4.42 Å². The van der Waals surface area contributed by atoms with Crippen LogP contribution in [0, 0.1) is 10.1 Å². The summed E-state index contributed by atoms with van der Waals surface area (Å²) in [6, 6.07) is 12.0. The topological polar surface area (TPSA) is 111 Å². The van der Waals surface area contributed by atoms with Gasteiger partial charge in [0.1, 0.15) is 0 Å². The Morgan fingerprint density at radius 1 is 1.18 bits per heavy atom. The maximum atomic E-state index is 12.2. The normalized spacial score (nSPS) is 12.6. The summed E-state index contributed by atoms with van der Waals surface area (Å²) in [6.45, 7) is 0. The molecule has 1 heterocycles. The zero-order valence-corrected chi connectivity index (χ0v) is 15.6. The van der Waals surface area contributed by atoms with Crippen LogP contribution in [0.4, 0.5) is 11.4 Å². The van der Waals surface area contributed by atoms with Crippen LogP contribution in [0.2, 0.25) is 0 Å². The molecule has 3 aromatic rings. The number of thioether (sulfide) groups is 1. The van der Waals surface area contributed by atoms with E-state index in [0.29, 0.717) is 5.56 Å². The predicted molar refractivity (Wildman–Crippen MR) is 104 cm³/mol. The fourth-order valence-electron chi connectivity index (χ4n) is 3.11. The SMILES string of the molecule is O=C(CSc1nnc(-c2cccc([N+](=O)[O-])c2)o1)Nc1ccc2c(c1)CCC2. The second-order valence-corrected chi connectivity index (χ2v) is 7.28. The van der Waals surface area contributed by atoms with Crippen LogP contribution in [0.3, 0.4) is 0 Å². The second kappa shape index (κ2) is 7.81. The number of nitro benzene ring substituents is 1. The zero-order chi connectivity index (χ0) is 19.5. The summed E-state index contributed by atoms with van der Waals surface area (Å²) >= 11 is 1.11. The van der Waals surface area contributed by atoms with E-state index in [1.165, 1.54) is 23.3 Å². The standard InChI is InChI=1S/C19H16N4O4S/c24-17(20-15-8-7-12-3-1-4-13(12)9-15)11-28-19-22-21-18(27-19)14-5-2-6-16(10-14)23(25)26/h2,5-10H,1,3-4,11H2,(H,20,24). The number of carbonyl (C=O) groups excluding carboxylic acids is 1. The van der Waals surface area contributed by atoms with E-state index in [0.717, 1.165) is 36.7 Å². The summed E-state index contributed by atoms with van der Waals surface area (Å²) in [7, 11) is 0. The lowest BCUT2D eigenvalue weighted by molar-refractivity contribution is -0.384. The molecule has 9 heteroatoms. The number of hydrogen-bond donors (Lipinski definition) is 1. The Morgan fingerprint density at radius 3 is 2.89 bits per heavy atom. The molecule has 0 saturated heterocycles. The number of aromatic nitrogens is 2. The van der Waals surface area contributed by atoms with Crippen LogP contribution in [0.5, 0.6) is 0 Å². The average molecular weight is 396 g/mol. The van der Waals surface area contributed by atoms with Crippen LogP contribution >= 0.6 is 11.8 Å². The second-order valence-electron chi connectivity index (χ2n) is 6.35. The summed E-state index contributed by atoms with van der Waals surface area (Å²) < 4.78 is 5.50. The number of aryl methyl sites for hydroxylation is 2. The molecule has 0 atom stereocenters. The summed E-state index contributed by atoms with van der Waals surface area (Å²) in [5.41, 5.74) is 3.83. The lowest BCUT2D eigenvalue weighted by Gasteiger charge is -2.06. The van der Waals surface area contributed by atoms with Crippen LogP contribution in [0.1, 0.15) is 17.5 Å². The number of rotatable bonds is 6. The molecule has 1 aromatic heterocycles. The van der Waals surface area contributed by atoms with Crippen molar-refractivity contribution in [3.8, 4) is 11.5 Å². The van der Waals surface area contributed by atoms with Crippen molar-refractivity contribution in [1.29, 1.82) is 0 Å². The van der Waals surface area contributed by atoms with E-state index in [9.17, 15) is 14.9 Å². The maximum Gasteiger partial charge on any atom is 0.277 e. The number of carbonyl (C=O) groups is 1. The van der Waals surface area contributed by atoms with Gasteiger partial charge in [0.15, 0.2) is 0 Å². The number of non-ortho nitro benzene ring substituents is 1. The molecule has 142 valence electrons. The van der Waals surface area contributed by atoms with Gasteiger partial charge in [-0.05, 0) is 48.6 Å². The minimum absolute atomic E-state index is 0.0568. The highest BCUT2D eigenvalue weighted by atomic mass is 32.2. The Balaban J connectivity index is 1.36. The molecular formula is C19H16N4O4S. The minimum atomic E-state index is -0.487. The average Bonchev–Trinajstić information content (AvgIpc) is 3.35. The highest BCUT2D eigenvalue weighted by molar-refractivity contribution is 7.99. The van der Waals surface area contributed by atoms with Crippen molar-refractivity contribution >= 4 is 29.0 Å². The maximum absolute atomic E-state index is 12.2. The Kier molecular flexibility index (Phi) is 5.07. The highest BCUT2D eigenvalue weighted by Gasteiger charge is 2.15. The van der Waals surface area contributed by atoms with Crippen molar-refractivity contribution in [3.05, 3.63) is 63.7 Å². The first-order valence-corrected chi connectivity index (χ1v) is 9.70. The Labute approximate surface area is 164 Å². The first kappa shape index (κ1) is 18.2. The molecule has 0 bridgehead atoms. The summed E-state index contributed by atoms with van der Waals surface area (Å²) in [6.07, 6.45) is 3.31. The van der Waals surface area contributed by atoms with Crippen molar-refractivity contribution in [2.45, 2.75) is 24.5 Å². The van der Waals surface area contributed by atoms with Crippen molar-refractivity contribution in [2.75, 3.05) is 11.1 Å². The highest BCUT2D eigenvalue weighted by Crippen LogP contribution is 2.27. The first-order valence-electron chi connectivity index (χ1n) is 8.71. The third kappa shape index (κ3) is 4.04. The van der Waals surface area contributed by atoms with Crippen LogP contribution in [0.25, 0.3) is 11.5 Å². The monoisotopic (exact) mass is 396 g/mol. The van der Waals surface area contributed by atoms with Gasteiger partial charge in [-0.25, -0.2) is 0 Å². The molecule has 0 aliphatic heterocycles. The van der Waals surface area contributed by atoms with E-state index >= 15 is 0 Å². The fourth-order valence-corrected chi connectivity index (χ4v) is 3.67. The van der Waals surface area contributed by atoms with Crippen molar-refractivity contribution in [1.82, 2.24) is 10.2 Å². The molecule has 1 N–H and O–H groups in total. The van der Waals surface area contributed by atoms with Gasteiger partial charge in [0.05, 0.1) is 10.7 Å². The van der Waals surface area contributed by atoms with Crippen LogP contribution < -0.4 is 5.32 Å². The summed E-state index contributed by atoms with van der Waals surface area (Å²) in [5, 5.41) is 21.8. The van der Waals surface area contributed by atoms with Crippen molar-refractivity contribution in [3.63, 3.8) is 0 Å². The van der Waals surface area contributed by atoms with E-state index in [1.54, 1.807) is 12.1 Å². The fraction of sp³-hybridized carbons (Fsp3) is 0.211. The van der Waals surface area contributed by atoms with Crippen LogP contribution in [0.15, 0.2) is 52.1 Å². The number of nitrogens with one attached hydrogen (secondary N) is 1. The quantitative estimate of drug-likeness (QED) is 0.382. The van der Waals surface area contributed by atoms with Crippen molar-refractivity contribution < 1.29 is 14.1 Å². The van der Waals surface area contributed by atoms with E-state index in [-0.39, 0.29) is 28.5 Å². The molecule has 0 unspecified atom stereocenters. The number of fused-ring (bicyclic) bond motifs is 1. The van der Waals surface area contributed by atoms with Gasteiger partial charge in [-0.1, -0.05) is 23.9 Å². The van der Waals surface area contributed by atoms with Gasteiger partial charge in [-0.2, -0.15) is 0 Å². The lowest BCUT2D eigenvalue weighted by Crippen LogP contribution is -2.14. The van der Waals surface area contributed by atoms with Gasteiger partial charge >= 0.3 is 0 Å². The molecule has 0 fully saturated rings. The molecule has 1 aliphatic carbocycles. The molecule has 4 rings (SSSR count). The lowest BCUT2D eigenvalue weighted by atomic mass is 10.1. The molecule has 0 radical (unpaired) electrons. The molecular weight excluding hydrogens is 380 g/mol. The largest absolute Gasteiger partial charge is 0.411 e. The summed E-state index contributed by atoms with van der Waals surface area (Å²) in [5.74, 6) is 0.122. The van der Waals surface area contributed by atoms with E-state index in [2.05, 4.69) is 21.6 Å². The van der Waals surface area contributed by atoms with Gasteiger partial charge in [0.25, 0.3) is 10.9 Å². The molecule has 1 aliphatic rings. The molecule has 2 aromatic carbocycles. The van der Waals surface area contributed by atoms with Gasteiger partial charge in [0.2, 0.25) is 11.8 Å². The van der Waals surface area contributed by atoms with Gasteiger partial charge < -0.3 is 9.73 Å². The van der Waals surface area contributed by atoms with Gasteiger partial charge in [-0.3, -0.25) is 14.9 Å². The van der Waals surface area contributed by atoms with Crippen molar-refractivity contribution in [2.24, 2.45) is 0 Å². The predicted octanol–water partition coefficient (Wildman–Crippen LogP) is 3.86. The number of nitro groups is 1. The molecule has 0 saturated carbocycles. The third-order valence-corrected chi connectivity index (χ3v) is 5.24. The number of anilines is 1. The van der Waals surface area contributed by atoms with Crippen LogP contribution in [-0.4, -0.2) is 26.8 Å². The number of hydrogen-bond acceptors (Lipinski definition) is 7. The first-order chi connectivity index (χ1) is 13.6. The number of nitrogens with zero attached hydrogens (tertiary/aromatic N) is 3. The minimum Gasteiger partial charge on any atom is -0.411 e. The van der Waals surface area contributed by atoms with E-state index < -0.39 is 4.92 Å². The van der Waals surface area contributed by atoms with Gasteiger partial charge in [0, 0.05) is 23.4 Å². The number of benzene rings is 2. The number of amides is 1. The Morgan fingerprint density at radius 2 is 2.04 bits per heavy atom. The smallest absolute Gasteiger partial charge is 0.277 e. The Bertz CT molecular complexity index is 1050. The van der Waals surface area contributed by atoms with Gasteiger partial charge in [-0.15, -0.1) is 10.2 Å². The zero-order valence-electron chi connectivity index (χ0n) is 14.8. The molecule has 8 nitrogen and oxygen atoms in total. The summed E-state index contributed by atoms with van der Waals surface area (Å²) in [4.78, 5) is 22.6. The molecule has 1 amide bonds.